The number of carbonyl (C=O) groups is 2. The normalized spacial score (nSPS) is 11.9. The molecule has 1 atom stereocenters. The van der Waals surface area contributed by atoms with Crippen molar-refractivity contribution in [1.29, 1.82) is 0 Å². The fourth-order valence-electron chi connectivity index (χ4n) is 4.68. The summed E-state index contributed by atoms with van der Waals surface area (Å²) in [6.45, 7) is 4.81. The number of para-hydroxylation sites is 2. The zero-order valence-corrected chi connectivity index (χ0v) is 27.1. The Morgan fingerprint density at radius 1 is 0.930 bits per heavy atom. The maximum absolute atomic E-state index is 13.9. The summed E-state index contributed by atoms with van der Waals surface area (Å²) in [7, 11) is -3.68. The predicted octanol–water partition coefficient (Wildman–Crippen LogP) is 6.10. The van der Waals surface area contributed by atoms with Crippen LogP contribution in [0.1, 0.15) is 44.2 Å². The van der Waals surface area contributed by atoms with Gasteiger partial charge in [0, 0.05) is 32.5 Å². The summed E-state index contributed by atoms with van der Waals surface area (Å²) in [5.74, 6) is -0.105. The third kappa shape index (κ3) is 10.2. The number of rotatable bonds is 16. The van der Waals surface area contributed by atoms with Gasteiger partial charge in [-0.15, -0.1) is 0 Å². The van der Waals surface area contributed by atoms with Crippen LogP contribution in [0.4, 0.5) is 5.69 Å². The lowest BCUT2D eigenvalue weighted by atomic mass is 10.0. The van der Waals surface area contributed by atoms with E-state index in [9.17, 15) is 18.0 Å². The fourth-order valence-corrected chi connectivity index (χ4v) is 5.97. The van der Waals surface area contributed by atoms with Crippen LogP contribution < -0.4 is 14.4 Å². The molecular formula is C32H39Cl2N3O5S. The van der Waals surface area contributed by atoms with Crippen LogP contribution in [0.2, 0.25) is 10.0 Å². The topological polar surface area (TPSA) is 96.0 Å². The van der Waals surface area contributed by atoms with Gasteiger partial charge >= 0.3 is 0 Å². The third-order valence-electron chi connectivity index (χ3n) is 6.74. The summed E-state index contributed by atoms with van der Waals surface area (Å²) in [5.41, 5.74) is 2.03. The number of hydrogen-bond donors (Lipinski definition) is 1. The summed E-state index contributed by atoms with van der Waals surface area (Å²) in [5, 5.41) is 3.68. The second-order valence-corrected chi connectivity index (χ2v) is 12.8. The predicted molar refractivity (Wildman–Crippen MR) is 173 cm³/mol. The largest absolute Gasteiger partial charge is 0.492 e. The molecule has 43 heavy (non-hydrogen) atoms. The number of sulfonamides is 1. The number of nitrogens with zero attached hydrogens (tertiary/aromatic N) is 2. The third-order valence-corrected chi connectivity index (χ3v) is 8.66. The Labute approximate surface area is 265 Å². The first-order chi connectivity index (χ1) is 20.5. The van der Waals surface area contributed by atoms with Gasteiger partial charge in [0.05, 0.1) is 28.6 Å². The maximum atomic E-state index is 13.9. The SMILES string of the molecule is CCCNC(=O)C(Cc1ccccc1)N(Cc1ccc(Cl)c(Cl)c1)C(=O)CCCN(c1ccccc1OCC)S(C)(=O)=O. The number of nitrogens with one attached hydrogen (secondary N) is 1. The van der Waals surface area contributed by atoms with Gasteiger partial charge in [0.1, 0.15) is 11.8 Å². The van der Waals surface area contributed by atoms with E-state index >= 15 is 0 Å². The lowest BCUT2D eigenvalue weighted by molar-refractivity contribution is -0.141. The molecule has 3 rings (SSSR count). The Kier molecular flexibility index (Phi) is 13.2. The molecule has 0 saturated heterocycles. The van der Waals surface area contributed by atoms with E-state index in [1.165, 1.54) is 4.31 Å². The van der Waals surface area contributed by atoms with Gasteiger partial charge in [-0.05, 0) is 55.2 Å². The summed E-state index contributed by atoms with van der Waals surface area (Å²) in [6.07, 6.45) is 2.41. The van der Waals surface area contributed by atoms with Crippen LogP contribution in [0.5, 0.6) is 5.75 Å². The van der Waals surface area contributed by atoms with Crippen LogP contribution in [0.3, 0.4) is 0 Å². The molecule has 0 spiro atoms. The molecule has 8 nitrogen and oxygen atoms in total. The van der Waals surface area contributed by atoms with Crippen molar-refractivity contribution in [2.24, 2.45) is 0 Å². The van der Waals surface area contributed by atoms with E-state index in [2.05, 4.69) is 5.32 Å². The van der Waals surface area contributed by atoms with E-state index in [0.717, 1.165) is 18.2 Å². The molecule has 0 aliphatic carbocycles. The molecule has 2 amide bonds. The smallest absolute Gasteiger partial charge is 0.243 e. The molecule has 0 fully saturated rings. The molecule has 1 unspecified atom stereocenters. The molecule has 0 aromatic heterocycles. The first kappa shape index (κ1) is 34.2. The molecule has 1 N–H and O–H groups in total. The highest BCUT2D eigenvalue weighted by Gasteiger charge is 2.30. The first-order valence-electron chi connectivity index (χ1n) is 14.3. The molecule has 0 aliphatic heterocycles. The summed E-state index contributed by atoms with van der Waals surface area (Å²) >= 11 is 12.4. The number of benzene rings is 3. The number of amides is 2. The summed E-state index contributed by atoms with van der Waals surface area (Å²) in [4.78, 5) is 29.0. The second-order valence-electron chi connectivity index (χ2n) is 10.1. The number of anilines is 1. The van der Waals surface area contributed by atoms with Crippen LogP contribution in [0.25, 0.3) is 0 Å². The Morgan fingerprint density at radius 3 is 2.28 bits per heavy atom. The van der Waals surface area contributed by atoms with Crippen molar-refractivity contribution >= 4 is 50.7 Å². The minimum absolute atomic E-state index is 0.0104. The summed E-state index contributed by atoms with van der Waals surface area (Å²) in [6, 6.07) is 20.7. The minimum atomic E-state index is -3.68. The van der Waals surface area contributed by atoms with Crippen molar-refractivity contribution < 1.29 is 22.7 Å². The second kappa shape index (κ2) is 16.5. The van der Waals surface area contributed by atoms with Gasteiger partial charge in [-0.1, -0.05) is 78.7 Å². The first-order valence-corrected chi connectivity index (χ1v) is 16.9. The van der Waals surface area contributed by atoms with E-state index in [-0.39, 0.29) is 37.7 Å². The Bertz CT molecular complexity index is 1470. The van der Waals surface area contributed by atoms with Crippen molar-refractivity contribution in [3.63, 3.8) is 0 Å². The molecule has 0 radical (unpaired) electrons. The fraction of sp³-hybridized carbons (Fsp3) is 0.375. The number of carbonyl (C=O) groups excluding carboxylic acids is 2. The highest BCUT2D eigenvalue weighted by atomic mass is 35.5. The number of ether oxygens (including phenoxy) is 1. The van der Waals surface area contributed by atoms with Gasteiger partial charge in [-0.3, -0.25) is 13.9 Å². The molecular weight excluding hydrogens is 609 g/mol. The molecule has 0 saturated carbocycles. The molecule has 11 heteroatoms. The monoisotopic (exact) mass is 647 g/mol. The zero-order chi connectivity index (χ0) is 31.4. The Hall–Kier alpha value is -3.27. The molecule has 3 aromatic rings. The average Bonchev–Trinajstić information content (AvgIpc) is 2.98. The molecule has 0 aliphatic rings. The zero-order valence-electron chi connectivity index (χ0n) is 24.8. The van der Waals surface area contributed by atoms with E-state index < -0.39 is 16.1 Å². The number of hydrogen-bond acceptors (Lipinski definition) is 5. The van der Waals surface area contributed by atoms with Crippen LogP contribution in [-0.4, -0.2) is 57.1 Å². The van der Waals surface area contributed by atoms with E-state index in [0.29, 0.717) is 46.6 Å². The van der Waals surface area contributed by atoms with E-state index in [1.54, 1.807) is 47.4 Å². The molecule has 232 valence electrons. The number of halogens is 2. The quantitative estimate of drug-likeness (QED) is 0.203. The minimum Gasteiger partial charge on any atom is -0.492 e. The molecule has 0 heterocycles. The lowest BCUT2D eigenvalue weighted by Crippen LogP contribution is -2.50. The molecule has 3 aromatic carbocycles. The van der Waals surface area contributed by atoms with E-state index in [4.69, 9.17) is 27.9 Å². The highest BCUT2D eigenvalue weighted by molar-refractivity contribution is 7.92. The Morgan fingerprint density at radius 2 is 1.63 bits per heavy atom. The van der Waals surface area contributed by atoms with Crippen molar-refractivity contribution in [2.75, 3.05) is 30.3 Å². The molecule has 0 bridgehead atoms. The van der Waals surface area contributed by atoms with Gasteiger partial charge in [0.25, 0.3) is 0 Å². The van der Waals surface area contributed by atoms with Crippen molar-refractivity contribution in [3.8, 4) is 5.75 Å². The Balaban J connectivity index is 1.91. The van der Waals surface area contributed by atoms with E-state index in [1.807, 2.05) is 44.2 Å². The lowest BCUT2D eigenvalue weighted by Gasteiger charge is -2.32. The van der Waals surface area contributed by atoms with Crippen molar-refractivity contribution in [1.82, 2.24) is 10.2 Å². The van der Waals surface area contributed by atoms with Gasteiger partial charge in [-0.25, -0.2) is 8.42 Å². The van der Waals surface area contributed by atoms with Crippen LogP contribution in [0.15, 0.2) is 72.8 Å². The van der Waals surface area contributed by atoms with Crippen LogP contribution >= 0.6 is 23.2 Å². The average molecular weight is 649 g/mol. The van der Waals surface area contributed by atoms with Gasteiger partial charge in [0.15, 0.2) is 0 Å². The van der Waals surface area contributed by atoms with Gasteiger partial charge in [0.2, 0.25) is 21.8 Å². The summed E-state index contributed by atoms with van der Waals surface area (Å²) < 4.78 is 32.5. The van der Waals surface area contributed by atoms with Crippen molar-refractivity contribution in [2.45, 2.75) is 52.1 Å². The van der Waals surface area contributed by atoms with Gasteiger partial charge in [-0.2, -0.15) is 0 Å². The van der Waals surface area contributed by atoms with Crippen LogP contribution in [-0.2, 0) is 32.6 Å². The van der Waals surface area contributed by atoms with Crippen molar-refractivity contribution in [3.05, 3.63) is 94.0 Å². The van der Waals surface area contributed by atoms with Gasteiger partial charge < -0.3 is 15.0 Å². The standard InChI is InChI=1S/C32H39Cl2N3O5S/c1-4-19-35-32(39)29(22-24-12-7-6-8-13-24)36(23-25-17-18-26(33)27(34)21-25)31(38)16-11-20-37(43(3,40)41)28-14-9-10-15-30(28)42-5-2/h6-10,12-15,17-18,21,29H,4-5,11,16,19-20,22-23H2,1-3H3,(H,35,39). The van der Waals surface area contributed by atoms with Crippen LogP contribution in [0, 0.1) is 0 Å². The highest BCUT2D eigenvalue weighted by Crippen LogP contribution is 2.30. The maximum Gasteiger partial charge on any atom is 0.243 e.